The van der Waals surface area contributed by atoms with E-state index in [1.807, 2.05) is 36.4 Å². The third kappa shape index (κ3) is 5.98. The Hall–Kier alpha value is -2.56. The second kappa shape index (κ2) is 10.6. The zero-order chi connectivity index (χ0) is 18.2. The maximum atomic E-state index is 13.0. The minimum atomic E-state index is -0.253. The lowest BCUT2D eigenvalue weighted by Gasteiger charge is -2.16. The number of rotatable bonds is 8. The maximum Gasteiger partial charge on any atom is 0.166 e. The fraction of sp³-hybridized carbons (Fsp3) is 0.182. The van der Waals surface area contributed by atoms with E-state index >= 15 is 0 Å². The summed E-state index contributed by atoms with van der Waals surface area (Å²) in [5.74, 6) is 1.14. The third-order valence-corrected chi connectivity index (χ3v) is 4.06. The summed E-state index contributed by atoms with van der Waals surface area (Å²) in [5, 5.41) is 3.43. The Morgan fingerprint density at radius 2 is 1.56 bits per heavy atom. The molecule has 0 spiro atoms. The number of benzene rings is 3. The van der Waals surface area contributed by atoms with Gasteiger partial charge in [0.1, 0.15) is 12.4 Å². The van der Waals surface area contributed by atoms with Gasteiger partial charge in [-0.3, -0.25) is 0 Å². The second-order valence-corrected chi connectivity index (χ2v) is 5.95. The van der Waals surface area contributed by atoms with E-state index in [0.717, 1.165) is 17.7 Å². The van der Waals surface area contributed by atoms with E-state index in [0.29, 0.717) is 24.7 Å². The molecule has 0 unspecified atom stereocenters. The van der Waals surface area contributed by atoms with Gasteiger partial charge >= 0.3 is 0 Å². The van der Waals surface area contributed by atoms with E-state index in [4.69, 9.17) is 9.47 Å². The van der Waals surface area contributed by atoms with Crippen molar-refractivity contribution in [3.8, 4) is 11.5 Å². The standard InChI is InChI=1S/C22H22FNO2.ClH/c1-25-21-9-5-8-19(15-24-14-17-6-3-2-4-7-17)22(21)26-16-18-10-12-20(23)13-11-18;/h2-13,24H,14-16H2,1H3;1H. The van der Waals surface area contributed by atoms with Crippen molar-refractivity contribution in [2.24, 2.45) is 0 Å². The van der Waals surface area contributed by atoms with E-state index in [2.05, 4.69) is 17.4 Å². The molecule has 0 radical (unpaired) electrons. The Morgan fingerprint density at radius 1 is 0.815 bits per heavy atom. The highest BCUT2D eigenvalue weighted by Gasteiger charge is 2.11. The zero-order valence-electron chi connectivity index (χ0n) is 15.2. The van der Waals surface area contributed by atoms with Crippen LogP contribution in [-0.4, -0.2) is 7.11 Å². The van der Waals surface area contributed by atoms with Gasteiger partial charge in [0, 0.05) is 18.7 Å². The summed E-state index contributed by atoms with van der Waals surface area (Å²) < 4.78 is 24.5. The van der Waals surface area contributed by atoms with E-state index in [1.165, 1.54) is 17.7 Å². The topological polar surface area (TPSA) is 30.5 Å². The Labute approximate surface area is 165 Å². The van der Waals surface area contributed by atoms with E-state index in [-0.39, 0.29) is 18.2 Å². The van der Waals surface area contributed by atoms with Crippen molar-refractivity contribution < 1.29 is 13.9 Å². The van der Waals surface area contributed by atoms with E-state index < -0.39 is 0 Å². The van der Waals surface area contributed by atoms with Gasteiger partial charge in [0.15, 0.2) is 11.5 Å². The van der Waals surface area contributed by atoms with Gasteiger partial charge in [-0.05, 0) is 29.3 Å². The normalized spacial score (nSPS) is 10.1. The highest BCUT2D eigenvalue weighted by molar-refractivity contribution is 5.85. The summed E-state index contributed by atoms with van der Waals surface area (Å²) >= 11 is 0. The molecule has 3 rings (SSSR count). The molecule has 0 atom stereocenters. The van der Waals surface area contributed by atoms with Crippen LogP contribution in [0.3, 0.4) is 0 Å². The molecule has 0 aromatic heterocycles. The molecule has 0 saturated carbocycles. The van der Waals surface area contributed by atoms with Crippen LogP contribution in [0.2, 0.25) is 0 Å². The van der Waals surface area contributed by atoms with Gasteiger partial charge in [-0.1, -0.05) is 54.6 Å². The van der Waals surface area contributed by atoms with Crippen molar-refractivity contribution >= 4 is 12.4 Å². The highest BCUT2D eigenvalue weighted by Crippen LogP contribution is 2.31. The predicted molar refractivity (Wildman–Crippen MR) is 108 cm³/mol. The number of ether oxygens (including phenoxy) is 2. The minimum Gasteiger partial charge on any atom is -0.493 e. The van der Waals surface area contributed by atoms with Crippen LogP contribution in [0, 0.1) is 5.82 Å². The van der Waals surface area contributed by atoms with Gasteiger partial charge < -0.3 is 14.8 Å². The molecule has 0 aliphatic rings. The molecule has 27 heavy (non-hydrogen) atoms. The molecule has 3 nitrogen and oxygen atoms in total. The number of halogens is 2. The molecule has 142 valence electrons. The summed E-state index contributed by atoms with van der Waals surface area (Å²) in [6, 6.07) is 22.4. The molecule has 0 fully saturated rings. The molecule has 0 bridgehead atoms. The Kier molecular flexibility index (Phi) is 8.11. The first-order valence-electron chi connectivity index (χ1n) is 8.54. The van der Waals surface area contributed by atoms with Crippen molar-refractivity contribution in [1.29, 1.82) is 0 Å². The number of hydrogen-bond donors (Lipinski definition) is 1. The van der Waals surface area contributed by atoms with E-state index in [9.17, 15) is 4.39 Å². The number of para-hydroxylation sites is 1. The first-order chi connectivity index (χ1) is 12.8. The van der Waals surface area contributed by atoms with Crippen LogP contribution >= 0.6 is 12.4 Å². The highest BCUT2D eigenvalue weighted by atomic mass is 35.5. The number of hydrogen-bond acceptors (Lipinski definition) is 3. The van der Waals surface area contributed by atoms with Gasteiger partial charge in [-0.2, -0.15) is 0 Å². The van der Waals surface area contributed by atoms with Crippen molar-refractivity contribution in [1.82, 2.24) is 5.32 Å². The molecule has 0 amide bonds. The zero-order valence-corrected chi connectivity index (χ0v) is 16.0. The van der Waals surface area contributed by atoms with Gasteiger partial charge in [-0.25, -0.2) is 4.39 Å². The lowest BCUT2D eigenvalue weighted by atomic mass is 10.1. The molecular formula is C22H23ClFNO2. The van der Waals surface area contributed by atoms with Gasteiger partial charge in [0.2, 0.25) is 0 Å². The van der Waals surface area contributed by atoms with Crippen LogP contribution in [0.5, 0.6) is 11.5 Å². The molecule has 3 aromatic carbocycles. The average Bonchev–Trinajstić information content (AvgIpc) is 2.69. The number of nitrogens with one attached hydrogen (secondary N) is 1. The predicted octanol–water partition coefficient (Wildman–Crippen LogP) is 5.12. The minimum absolute atomic E-state index is 0. The van der Waals surface area contributed by atoms with Crippen molar-refractivity contribution in [3.63, 3.8) is 0 Å². The lowest BCUT2D eigenvalue weighted by Crippen LogP contribution is -2.14. The van der Waals surface area contributed by atoms with Crippen molar-refractivity contribution in [2.45, 2.75) is 19.7 Å². The summed E-state index contributed by atoms with van der Waals surface area (Å²) in [5.41, 5.74) is 3.15. The molecule has 0 aliphatic carbocycles. The quantitative estimate of drug-likeness (QED) is 0.581. The lowest BCUT2D eigenvalue weighted by molar-refractivity contribution is 0.280. The van der Waals surface area contributed by atoms with Crippen LogP contribution in [0.15, 0.2) is 72.8 Å². The molecule has 3 aromatic rings. The molecule has 0 aliphatic heterocycles. The summed E-state index contributed by atoms with van der Waals surface area (Å²) in [4.78, 5) is 0. The summed E-state index contributed by atoms with van der Waals surface area (Å²) in [6.07, 6.45) is 0. The van der Waals surface area contributed by atoms with Crippen LogP contribution in [0.4, 0.5) is 4.39 Å². The summed E-state index contributed by atoms with van der Waals surface area (Å²) in [7, 11) is 1.63. The Morgan fingerprint density at radius 3 is 2.26 bits per heavy atom. The molecule has 5 heteroatoms. The molecular weight excluding hydrogens is 365 g/mol. The SMILES string of the molecule is COc1cccc(CNCc2ccccc2)c1OCc1ccc(F)cc1.Cl. The van der Waals surface area contributed by atoms with Crippen LogP contribution in [0.1, 0.15) is 16.7 Å². The van der Waals surface area contributed by atoms with E-state index in [1.54, 1.807) is 19.2 Å². The van der Waals surface area contributed by atoms with Crippen molar-refractivity contribution in [2.75, 3.05) is 7.11 Å². The summed E-state index contributed by atoms with van der Waals surface area (Å²) in [6.45, 7) is 1.78. The maximum absolute atomic E-state index is 13.0. The van der Waals surface area contributed by atoms with Crippen LogP contribution in [-0.2, 0) is 19.7 Å². The largest absolute Gasteiger partial charge is 0.493 e. The number of methoxy groups -OCH3 is 1. The molecule has 0 heterocycles. The first kappa shape index (κ1) is 20.7. The monoisotopic (exact) mass is 387 g/mol. The fourth-order valence-electron chi connectivity index (χ4n) is 2.70. The van der Waals surface area contributed by atoms with Gasteiger partial charge in [0.05, 0.1) is 7.11 Å². The van der Waals surface area contributed by atoms with Crippen LogP contribution < -0.4 is 14.8 Å². The fourth-order valence-corrected chi connectivity index (χ4v) is 2.70. The smallest absolute Gasteiger partial charge is 0.166 e. The van der Waals surface area contributed by atoms with Gasteiger partial charge in [-0.15, -0.1) is 12.4 Å². The Bertz CT molecular complexity index is 825. The Balaban J connectivity index is 0.00000261. The molecule has 1 N–H and O–H groups in total. The molecule has 0 saturated heterocycles. The third-order valence-electron chi connectivity index (χ3n) is 4.06. The average molecular weight is 388 g/mol. The second-order valence-electron chi connectivity index (χ2n) is 5.95. The van der Waals surface area contributed by atoms with Gasteiger partial charge in [0.25, 0.3) is 0 Å². The van der Waals surface area contributed by atoms with Crippen LogP contribution in [0.25, 0.3) is 0 Å². The van der Waals surface area contributed by atoms with Crippen molar-refractivity contribution in [3.05, 3.63) is 95.3 Å². The first-order valence-corrected chi connectivity index (χ1v) is 8.54.